The number of rotatable bonds is 5. The minimum atomic E-state index is 0.305. The third kappa shape index (κ3) is 3.20. The van der Waals surface area contributed by atoms with Gasteiger partial charge in [0.1, 0.15) is 0 Å². The van der Waals surface area contributed by atoms with Crippen molar-refractivity contribution in [3.8, 4) is 11.4 Å². The Morgan fingerprint density at radius 2 is 1.68 bits per heavy atom. The van der Waals surface area contributed by atoms with Crippen LogP contribution >= 0.6 is 0 Å². The zero-order valence-electron chi connectivity index (χ0n) is 15.9. The Kier molecular flexibility index (Phi) is 4.41. The molecule has 1 aromatic heterocycles. The fourth-order valence-electron chi connectivity index (χ4n) is 4.13. The molecule has 0 saturated heterocycles. The highest BCUT2D eigenvalue weighted by molar-refractivity contribution is 5.86. The summed E-state index contributed by atoms with van der Waals surface area (Å²) >= 11 is 0. The zero-order valence-corrected chi connectivity index (χ0v) is 15.9. The van der Waals surface area contributed by atoms with Gasteiger partial charge < -0.3 is 9.84 Å². The average molecular weight is 369 g/mol. The molecule has 1 N–H and O–H groups in total. The minimum Gasteiger partial charge on any atom is -0.339 e. The zero-order chi connectivity index (χ0) is 18.9. The van der Waals surface area contributed by atoms with Crippen LogP contribution < -0.4 is 5.32 Å². The van der Waals surface area contributed by atoms with Gasteiger partial charge in [0, 0.05) is 23.6 Å². The lowest BCUT2D eigenvalue weighted by Gasteiger charge is -2.36. The second-order valence-corrected chi connectivity index (χ2v) is 7.64. The molecule has 0 unspecified atom stereocenters. The van der Waals surface area contributed by atoms with Crippen LogP contribution in [0.2, 0.25) is 0 Å². The average Bonchev–Trinajstić information content (AvgIpc) is 3.20. The molecule has 5 rings (SSSR count). The molecule has 4 nitrogen and oxygen atoms in total. The van der Waals surface area contributed by atoms with Crippen LogP contribution in [-0.4, -0.2) is 16.2 Å². The SMILES string of the molecule is C[C@@H](NC1CC(c2nc(-c3ccccc3)no2)C1)c1cccc2ccccc12. The van der Waals surface area contributed by atoms with Crippen molar-refractivity contribution in [3.63, 3.8) is 0 Å². The van der Waals surface area contributed by atoms with E-state index in [0.29, 0.717) is 23.8 Å². The third-order valence-corrected chi connectivity index (χ3v) is 5.74. The molecule has 3 aromatic carbocycles. The maximum Gasteiger partial charge on any atom is 0.230 e. The summed E-state index contributed by atoms with van der Waals surface area (Å²) in [4.78, 5) is 4.61. The summed E-state index contributed by atoms with van der Waals surface area (Å²) in [5.41, 5.74) is 2.35. The number of nitrogens with zero attached hydrogens (tertiary/aromatic N) is 2. The second-order valence-electron chi connectivity index (χ2n) is 7.64. The van der Waals surface area contributed by atoms with E-state index in [-0.39, 0.29) is 0 Å². The lowest BCUT2D eigenvalue weighted by Crippen LogP contribution is -2.41. The Morgan fingerprint density at radius 1 is 0.929 bits per heavy atom. The van der Waals surface area contributed by atoms with E-state index < -0.39 is 0 Å². The van der Waals surface area contributed by atoms with Crippen molar-refractivity contribution >= 4 is 10.8 Å². The van der Waals surface area contributed by atoms with Crippen molar-refractivity contribution in [3.05, 3.63) is 84.3 Å². The van der Waals surface area contributed by atoms with Gasteiger partial charge in [0.25, 0.3) is 0 Å². The first kappa shape index (κ1) is 17.1. The highest BCUT2D eigenvalue weighted by Crippen LogP contribution is 2.38. The summed E-state index contributed by atoms with van der Waals surface area (Å²) in [6.45, 7) is 2.25. The molecule has 4 heteroatoms. The first-order chi connectivity index (χ1) is 13.8. The Bertz CT molecular complexity index is 1080. The van der Waals surface area contributed by atoms with Gasteiger partial charge in [-0.15, -0.1) is 0 Å². The van der Waals surface area contributed by atoms with Crippen LogP contribution in [0.4, 0.5) is 0 Å². The molecule has 0 spiro atoms. The quantitative estimate of drug-likeness (QED) is 0.506. The van der Waals surface area contributed by atoms with E-state index in [1.165, 1.54) is 16.3 Å². The number of hydrogen-bond acceptors (Lipinski definition) is 4. The van der Waals surface area contributed by atoms with Crippen LogP contribution in [0.3, 0.4) is 0 Å². The molecule has 140 valence electrons. The van der Waals surface area contributed by atoms with Gasteiger partial charge >= 0.3 is 0 Å². The maximum atomic E-state index is 5.53. The van der Waals surface area contributed by atoms with Gasteiger partial charge in [-0.05, 0) is 36.1 Å². The Morgan fingerprint density at radius 3 is 2.54 bits per heavy atom. The Balaban J connectivity index is 1.23. The van der Waals surface area contributed by atoms with Gasteiger partial charge in [0.2, 0.25) is 11.7 Å². The number of aromatic nitrogens is 2. The predicted octanol–water partition coefficient (Wildman–Crippen LogP) is 5.49. The number of benzene rings is 3. The maximum absolute atomic E-state index is 5.53. The van der Waals surface area contributed by atoms with Gasteiger partial charge in [0.15, 0.2) is 0 Å². The molecule has 28 heavy (non-hydrogen) atoms. The standard InChI is InChI=1S/C24H23N3O/c1-16(21-13-7-11-17-8-5-6-12-22(17)21)25-20-14-19(15-20)24-26-23(27-28-24)18-9-3-2-4-10-18/h2-13,16,19-20,25H,14-15H2,1H3/t16-,19?,20?/m1/s1. The topological polar surface area (TPSA) is 51.0 Å². The van der Waals surface area contributed by atoms with E-state index in [1.54, 1.807) is 0 Å². The number of fused-ring (bicyclic) bond motifs is 1. The fourth-order valence-corrected chi connectivity index (χ4v) is 4.13. The van der Waals surface area contributed by atoms with Crippen molar-refractivity contribution in [1.29, 1.82) is 0 Å². The van der Waals surface area contributed by atoms with Crippen molar-refractivity contribution in [1.82, 2.24) is 15.5 Å². The van der Waals surface area contributed by atoms with E-state index in [1.807, 2.05) is 30.3 Å². The molecule has 1 saturated carbocycles. The molecular formula is C24H23N3O. The highest BCUT2D eigenvalue weighted by atomic mass is 16.5. The Labute approximate surface area is 164 Å². The molecule has 0 aliphatic heterocycles. The number of nitrogens with one attached hydrogen (secondary N) is 1. The van der Waals surface area contributed by atoms with Crippen molar-refractivity contribution in [2.45, 2.75) is 37.8 Å². The van der Waals surface area contributed by atoms with Crippen LogP contribution in [-0.2, 0) is 0 Å². The van der Waals surface area contributed by atoms with Gasteiger partial charge in [-0.25, -0.2) is 0 Å². The van der Waals surface area contributed by atoms with E-state index >= 15 is 0 Å². The molecular weight excluding hydrogens is 346 g/mol. The summed E-state index contributed by atoms with van der Waals surface area (Å²) in [7, 11) is 0. The fraction of sp³-hybridized carbons (Fsp3) is 0.250. The van der Waals surface area contributed by atoms with Crippen LogP contribution in [0.15, 0.2) is 77.3 Å². The number of hydrogen-bond donors (Lipinski definition) is 1. The molecule has 1 aliphatic carbocycles. The monoisotopic (exact) mass is 369 g/mol. The summed E-state index contributed by atoms with van der Waals surface area (Å²) in [5, 5.41) is 10.5. The lowest BCUT2D eigenvalue weighted by atomic mass is 9.79. The summed E-state index contributed by atoms with van der Waals surface area (Å²) in [6.07, 6.45) is 2.07. The highest BCUT2D eigenvalue weighted by Gasteiger charge is 2.35. The molecule has 0 radical (unpaired) electrons. The molecule has 1 aliphatic rings. The van der Waals surface area contributed by atoms with Gasteiger partial charge in [-0.2, -0.15) is 4.98 Å². The van der Waals surface area contributed by atoms with Crippen molar-refractivity contribution in [2.75, 3.05) is 0 Å². The van der Waals surface area contributed by atoms with E-state index in [9.17, 15) is 0 Å². The van der Waals surface area contributed by atoms with E-state index in [2.05, 4.69) is 64.8 Å². The van der Waals surface area contributed by atoms with Crippen LogP contribution in [0.5, 0.6) is 0 Å². The normalized spacial score (nSPS) is 20.0. The summed E-state index contributed by atoms with van der Waals surface area (Å²) < 4.78 is 5.53. The molecule has 1 heterocycles. The van der Waals surface area contributed by atoms with Gasteiger partial charge in [-0.1, -0.05) is 78.0 Å². The summed E-state index contributed by atoms with van der Waals surface area (Å²) in [6, 6.07) is 25.9. The molecule has 1 atom stereocenters. The second kappa shape index (κ2) is 7.21. The Hall–Kier alpha value is -2.98. The first-order valence-corrected chi connectivity index (χ1v) is 9.90. The van der Waals surface area contributed by atoms with Crippen LogP contribution in [0, 0.1) is 0 Å². The molecule has 4 aromatic rings. The predicted molar refractivity (Wildman–Crippen MR) is 111 cm³/mol. The van der Waals surface area contributed by atoms with Crippen LogP contribution in [0.1, 0.15) is 43.2 Å². The lowest BCUT2D eigenvalue weighted by molar-refractivity contribution is 0.223. The van der Waals surface area contributed by atoms with Gasteiger partial charge in [-0.3, -0.25) is 0 Å². The van der Waals surface area contributed by atoms with Crippen molar-refractivity contribution in [2.24, 2.45) is 0 Å². The summed E-state index contributed by atoms with van der Waals surface area (Å²) in [5.74, 6) is 1.79. The van der Waals surface area contributed by atoms with Gasteiger partial charge in [0.05, 0.1) is 0 Å². The smallest absolute Gasteiger partial charge is 0.230 e. The first-order valence-electron chi connectivity index (χ1n) is 9.90. The van der Waals surface area contributed by atoms with E-state index in [4.69, 9.17) is 4.52 Å². The van der Waals surface area contributed by atoms with Crippen molar-refractivity contribution < 1.29 is 4.52 Å². The minimum absolute atomic E-state index is 0.305. The van der Waals surface area contributed by atoms with Crippen LogP contribution in [0.25, 0.3) is 22.2 Å². The molecule has 0 bridgehead atoms. The van der Waals surface area contributed by atoms with E-state index in [0.717, 1.165) is 24.3 Å². The largest absolute Gasteiger partial charge is 0.339 e. The molecule has 0 amide bonds. The molecule has 1 fully saturated rings. The third-order valence-electron chi connectivity index (χ3n) is 5.74.